The lowest BCUT2D eigenvalue weighted by Crippen LogP contribution is -2.38. The zero-order valence-electron chi connectivity index (χ0n) is 12.6. The lowest BCUT2D eigenvalue weighted by molar-refractivity contribution is 0.606. The summed E-state index contributed by atoms with van der Waals surface area (Å²) in [5, 5.41) is 6.49. The van der Waals surface area contributed by atoms with Gasteiger partial charge in [0.15, 0.2) is 5.96 Å². The van der Waals surface area contributed by atoms with Crippen molar-refractivity contribution >= 4 is 29.9 Å². The zero-order valence-corrected chi connectivity index (χ0v) is 14.9. The maximum Gasteiger partial charge on any atom is 0.191 e. The molecule has 0 spiro atoms. The molecule has 5 heteroatoms. The fourth-order valence-corrected chi connectivity index (χ4v) is 2.12. The predicted molar refractivity (Wildman–Crippen MR) is 96.8 cm³/mol. The Morgan fingerprint density at radius 2 is 2.05 bits per heavy atom. The molecule has 0 atom stereocenters. The smallest absolute Gasteiger partial charge is 0.191 e. The highest BCUT2D eigenvalue weighted by molar-refractivity contribution is 14.0. The fraction of sp³-hybridized carbons (Fsp3) is 0.562. The van der Waals surface area contributed by atoms with Crippen molar-refractivity contribution < 1.29 is 4.39 Å². The van der Waals surface area contributed by atoms with Crippen LogP contribution in [-0.4, -0.2) is 25.6 Å². The number of halogens is 2. The first-order valence-corrected chi connectivity index (χ1v) is 7.55. The molecular formula is C16H25FIN3. The summed E-state index contributed by atoms with van der Waals surface area (Å²) in [6.45, 7) is 4.46. The molecule has 0 radical (unpaired) electrons. The monoisotopic (exact) mass is 405 g/mol. The molecule has 1 aromatic carbocycles. The van der Waals surface area contributed by atoms with Crippen LogP contribution in [0.25, 0.3) is 0 Å². The Morgan fingerprint density at radius 3 is 2.71 bits per heavy atom. The number of aliphatic imine (C=N–C) groups is 1. The fourth-order valence-electron chi connectivity index (χ4n) is 2.12. The number of hydrogen-bond donors (Lipinski definition) is 2. The van der Waals surface area contributed by atoms with Gasteiger partial charge in [0.25, 0.3) is 0 Å². The van der Waals surface area contributed by atoms with E-state index in [2.05, 4.69) is 22.5 Å². The minimum atomic E-state index is -0.134. The Bertz CT molecular complexity index is 447. The van der Waals surface area contributed by atoms with Crippen molar-refractivity contribution in [2.24, 2.45) is 10.9 Å². The molecule has 1 aromatic rings. The van der Waals surface area contributed by atoms with Gasteiger partial charge in [-0.15, -0.1) is 24.0 Å². The normalized spacial score (nSPS) is 14.5. The van der Waals surface area contributed by atoms with E-state index < -0.39 is 0 Å². The van der Waals surface area contributed by atoms with Gasteiger partial charge < -0.3 is 10.6 Å². The van der Waals surface area contributed by atoms with E-state index in [1.807, 2.05) is 12.1 Å². The molecule has 1 aliphatic rings. The van der Waals surface area contributed by atoms with Crippen LogP contribution in [0.15, 0.2) is 29.3 Å². The third kappa shape index (κ3) is 7.11. The first-order valence-electron chi connectivity index (χ1n) is 7.55. The van der Waals surface area contributed by atoms with Crippen LogP contribution < -0.4 is 10.6 Å². The number of benzene rings is 1. The Kier molecular flexibility index (Phi) is 8.64. The summed E-state index contributed by atoms with van der Waals surface area (Å²) in [4.78, 5) is 4.55. The van der Waals surface area contributed by atoms with Crippen molar-refractivity contribution in [1.29, 1.82) is 0 Å². The third-order valence-electron chi connectivity index (χ3n) is 3.49. The van der Waals surface area contributed by atoms with Gasteiger partial charge in [0.2, 0.25) is 0 Å². The standard InChI is InChI=1S/C16H24FN3.HI/c1-2-18-16(19-11-9-13-7-8-13)20-12-10-14-5-3-4-6-15(14)17;/h3-6,13H,2,7-12H2,1H3,(H2,18,19,20);1H. The Morgan fingerprint density at radius 1 is 1.29 bits per heavy atom. The first kappa shape index (κ1) is 18.2. The van der Waals surface area contributed by atoms with Crippen molar-refractivity contribution in [2.75, 3.05) is 19.6 Å². The topological polar surface area (TPSA) is 36.4 Å². The highest BCUT2D eigenvalue weighted by atomic mass is 127. The number of rotatable bonds is 7. The summed E-state index contributed by atoms with van der Waals surface area (Å²) in [7, 11) is 0. The molecule has 0 aliphatic heterocycles. The molecule has 0 saturated heterocycles. The number of hydrogen-bond acceptors (Lipinski definition) is 1. The van der Waals surface area contributed by atoms with E-state index in [9.17, 15) is 4.39 Å². The van der Waals surface area contributed by atoms with E-state index in [1.165, 1.54) is 25.3 Å². The maximum atomic E-state index is 13.5. The van der Waals surface area contributed by atoms with Gasteiger partial charge in [-0.1, -0.05) is 31.0 Å². The zero-order chi connectivity index (χ0) is 14.2. The van der Waals surface area contributed by atoms with Crippen LogP contribution in [0.1, 0.15) is 31.7 Å². The van der Waals surface area contributed by atoms with Crippen molar-refractivity contribution in [3.05, 3.63) is 35.6 Å². The van der Waals surface area contributed by atoms with Gasteiger partial charge in [0.1, 0.15) is 5.82 Å². The van der Waals surface area contributed by atoms with E-state index >= 15 is 0 Å². The molecule has 0 amide bonds. The Labute approximate surface area is 143 Å². The Balaban J connectivity index is 0.00000220. The predicted octanol–water partition coefficient (Wildman–Crippen LogP) is 3.34. The average molecular weight is 405 g/mol. The highest BCUT2D eigenvalue weighted by Gasteiger charge is 2.20. The summed E-state index contributed by atoms with van der Waals surface area (Å²) in [5.41, 5.74) is 0.744. The molecule has 0 bridgehead atoms. The minimum absolute atomic E-state index is 0. The van der Waals surface area contributed by atoms with Crippen molar-refractivity contribution in [1.82, 2.24) is 10.6 Å². The first-order chi connectivity index (χ1) is 9.79. The van der Waals surface area contributed by atoms with Gasteiger partial charge >= 0.3 is 0 Å². The second kappa shape index (κ2) is 9.97. The number of nitrogens with zero attached hydrogens (tertiary/aromatic N) is 1. The second-order valence-corrected chi connectivity index (χ2v) is 5.26. The summed E-state index contributed by atoms with van der Waals surface area (Å²) < 4.78 is 13.5. The molecule has 3 nitrogen and oxygen atoms in total. The summed E-state index contributed by atoms with van der Waals surface area (Å²) in [6, 6.07) is 6.92. The lowest BCUT2D eigenvalue weighted by atomic mass is 10.1. The number of guanidine groups is 1. The largest absolute Gasteiger partial charge is 0.357 e. The summed E-state index contributed by atoms with van der Waals surface area (Å²) in [6.07, 6.45) is 4.59. The van der Waals surface area contributed by atoms with E-state index in [1.54, 1.807) is 6.07 Å². The van der Waals surface area contributed by atoms with Gasteiger partial charge in [-0.05, 0) is 37.3 Å². The minimum Gasteiger partial charge on any atom is -0.357 e. The summed E-state index contributed by atoms with van der Waals surface area (Å²) >= 11 is 0. The molecule has 21 heavy (non-hydrogen) atoms. The van der Waals surface area contributed by atoms with Crippen molar-refractivity contribution in [2.45, 2.75) is 32.6 Å². The lowest BCUT2D eigenvalue weighted by Gasteiger charge is -2.11. The van der Waals surface area contributed by atoms with Crippen LogP contribution in [0.3, 0.4) is 0 Å². The van der Waals surface area contributed by atoms with Crippen LogP contribution in [0.4, 0.5) is 4.39 Å². The molecule has 2 rings (SSSR count). The average Bonchev–Trinajstić information content (AvgIpc) is 3.25. The second-order valence-electron chi connectivity index (χ2n) is 5.26. The van der Waals surface area contributed by atoms with Crippen LogP contribution in [0.2, 0.25) is 0 Å². The molecule has 2 N–H and O–H groups in total. The number of nitrogens with one attached hydrogen (secondary N) is 2. The van der Waals surface area contributed by atoms with Gasteiger partial charge in [-0.2, -0.15) is 0 Å². The Hall–Kier alpha value is -0.850. The van der Waals surface area contributed by atoms with E-state index in [0.29, 0.717) is 13.0 Å². The molecule has 1 aliphatic carbocycles. The van der Waals surface area contributed by atoms with Crippen LogP contribution in [0.5, 0.6) is 0 Å². The van der Waals surface area contributed by atoms with Crippen LogP contribution in [0, 0.1) is 11.7 Å². The molecular weight excluding hydrogens is 380 g/mol. The molecule has 0 aromatic heterocycles. The summed E-state index contributed by atoms with van der Waals surface area (Å²) in [5.74, 6) is 1.61. The van der Waals surface area contributed by atoms with Crippen LogP contribution in [-0.2, 0) is 6.42 Å². The van der Waals surface area contributed by atoms with Crippen LogP contribution >= 0.6 is 24.0 Å². The highest BCUT2D eigenvalue weighted by Crippen LogP contribution is 2.32. The van der Waals surface area contributed by atoms with E-state index in [0.717, 1.165) is 30.5 Å². The van der Waals surface area contributed by atoms with E-state index in [-0.39, 0.29) is 29.8 Å². The van der Waals surface area contributed by atoms with E-state index in [4.69, 9.17) is 0 Å². The quantitative estimate of drug-likeness (QED) is 0.415. The molecule has 0 unspecified atom stereocenters. The maximum absolute atomic E-state index is 13.5. The molecule has 1 fully saturated rings. The van der Waals surface area contributed by atoms with Crippen molar-refractivity contribution in [3.8, 4) is 0 Å². The molecule has 0 heterocycles. The SMILES string of the molecule is CCNC(=NCCC1CC1)NCCc1ccccc1F.I. The van der Waals surface area contributed by atoms with Gasteiger partial charge in [-0.3, -0.25) is 4.99 Å². The van der Waals surface area contributed by atoms with Crippen molar-refractivity contribution in [3.63, 3.8) is 0 Å². The molecule has 1 saturated carbocycles. The van der Waals surface area contributed by atoms with Gasteiger partial charge in [-0.25, -0.2) is 4.39 Å². The molecule has 118 valence electrons. The van der Waals surface area contributed by atoms with Gasteiger partial charge in [0, 0.05) is 19.6 Å². The third-order valence-corrected chi connectivity index (χ3v) is 3.49. The van der Waals surface area contributed by atoms with Gasteiger partial charge in [0.05, 0.1) is 0 Å².